The SMILES string of the molecule is C=CCn1c(=NC(=O)c2cccc(OCCCC)c2)sc2cc(Cl)ccc21. The van der Waals surface area contributed by atoms with E-state index in [1.54, 1.807) is 18.2 Å². The quantitative estimate of drug-likeness (QED) is 0.390. The Hall–Kier alpha value is -2.37. The van der Waals surface area contributed by atoms with E-state index in [0.29, 0.717) is 34.3 Å². The van der Waals surface area contributed by atoms with Crippen molar-refractivity contribution in [3.63, 3.8) is 0 Å². The lowest BCUT2D eigenvalue weighted by atomic mass is 10.2. The van der Waals surface area contributed by atoms with Crippen LogP contribution in [0.15, 0.2) is 60.1 Å². The summed E-state index contributed by atoms with van der Waals surface area (Å²) in [6, 6.07) is 12.8. The first-order valence-electron chi connectivity index (χ1n) is 8.84. The Morgan fingerprint density at radius 3 is 2.96 bits per heavy atom. The third-order valence-electron chi connectivity index (χ3n) is 4.00. The van der Waals surface area contributed by atoms with Gasteiger partial charge in [0.25, 0.3) is 5.91 Å². The van der Waals surface area contributed by atoms with Crippen LogP contribution in [-0.4, -0.2) is 17.1 Å². The van der Waals surface area contributed by atoms with Crippen LogP contribution < -0.4 is 9.54 Å². The number of amides is 1. The minimum Gasteiger partial charge on any atom is -0.494 e. The Bertz CT molecular complexity index is 1040. The van der Waals surface area contributed by atoms with Crippen molar-refractivity contribution in [2.45, 2.75) is 26.3 Å². The fourth-order valence-electron chi connectivity index (χ4n) is 2.64. The predicted molar refractivity (Wildman–Crippen MR) is 112 cm³/mol. The smallest absolute Gasteiger partial charge is 0.279 e. The van der Waals surface area contributed by atoms with Crippen LogP contribution in [0.4, 0.5) is 0 Å². The number of benzene rings is 2. The van der Waals surface area contributed by atoms with Gasteiger partial charge in [0, 0.05) is 17.1 Å². The molecule has 2 aromatic carbocycles. The first-order chi connectivity index (χ1) is 13.1. The number of hydrogen-bond donors (Lipinski definition) is 0. The highest BCUT2D eigenvalue weighted by Gasteiger charge is 2.10. The van der Waals surface area contributed by atoms with Crippen LogP contribution >= 0.6 is 22.9 Å². The van der Waals surface area contributed by atoms with Gasteiger partial charge < -0.3 is 9.30 Å². The molecule has 3 rings (SSSR count). The Labute approximate surface area is 167 Å². The van der Waals surface area contributed by atoms with Crippen molar-refractivity contribution in [2.75, 3.05) is 6.61 Å². The summed E-state index contributed by atoms with van der Waals surface area (Å²) in [6.45, 7) is 7.11. The molecule has 1 aromatic heterocycles. The highest BCUT2D eigenvalue weighted by atomic mass is 35.5. The summed E-state index contributed by atoms with van der Waals surface area (Å²) >= 11 is 7.53. The molecule has 4 nitrogen and oxygen atoms in total. The lowest BCUT2D eigenvalue weighted by molar-refractivity contribution is 0.0997. The number of thiazole rings is 1. The molecule has 0 saturated carbocycles. The van der Waals surface area contributed by atoms with E-state index in [0.717, 1.165) is 23.1 Å². The highest BCUT2D eigenvalue weighted by molar-refractivity contribution is 7.16. The van der Waals surface area contributed by atoms with Gasteiger partial charge in [0.05, 0.1) is 16.8 Å². The summed E-state index contributed by atoms with van der Waals surface area (Å²) < 4.78 is 8.63. The van der Waals surface area contributed by atoms with E-state index in [-0.39, 0.29) is 5.91 Å². The minimum absolute atomic E-state index is 0.300. The van der Waals surface area contributed by atoms with Gasteiger partial charge in [0.2, 0.25) is 0 Å². The molecule has 0 fully saturated rings. The van der Waals surface area contributed by atoms with Gasteiger partial charge in [-0.2, -0.15) is 4.99 Å². The number of ether oxygens (including phenoxy) is 1. The molecule has 0 aliphatic carbocycles. The summed E-state index contributed by atoms with van der Waals surface area (Å²) in [7, 11) is 0. The summed E-state index contributed by atoms with van der Waals surface area (Å²) in [5.74, 6) is 0.387. The Morgan fingerprint density at radius 2 is 2.19 bits per heavy atom. The fraction of sp³-hybridized carbons (Fsp3) is 0.238. The van der Waals surface area contributed by atoms with E-state index in [1.165, 1.54) is 11.3 Å². The summed E-state index contributed by atoms with van der Waals surface area (Å²) in [5, 5.41) is 0.657. The van der Waals surface area contributed by atoms with Gasteiger partial charge in [-0.05, 0) is 42.8 Å². The van der Waals surface area contributed by atoms with E-state index in [2.05, 4.69) is 18.5 Å². The van der Waals surface area contributed by atoms with Crippen LogP contribution in [0.1, 0.15) is 30.1 Å². The molecule has 1 amide bonds. The van der Waals surface area contributed by atoms with Crippen molar-refractivity contribution in [3.8, 4) is 5.75 Å². The molecule has 3 aromatic rings. The number of halogens is 1. The summed E-state index contributed by atoms with van der Waals surface area (Å²) in [6.07, 6.45) is 3.83. The summed E-state index contributed by atoms with van der Waals surface area (Å²) in [5.41, 5.74) is 1.48. The number of nitrogens with zero attached hydrogens (tertiary/aromatic N) is 2. The molecule has 6 heteroatoms. The van der Waals surface area contributed by atoms with Gasteiger partial charge in [0.1, 0.15) is 5.75 Å². The Morgan fingerprint density at radius 1 is 1.33 bits per heavy atom. The van der Waals surface area contributed by atoms with Crippen molar-refractivity contribution in [3.05, 3.63) is 70.5 Å². The zero-order valence-electron chi connectivity index (χ0n) is 15.2. The molecule has 27 heavy (non-hydrogen) atoms. The zero-order chi connectivity index (χ0) is 19.2. The van der Waals surface area contributed by atoms with Gasteiger partial charge in [0.15, 0.2) is 4.80 Å². The van der Waals surface area contributed by atoms with Crippen LogP contribution in [0.25, 0.3) is 10.2 Å². The fourth-order valence-corrected chi connectivity index (χ4v) is 3.96. The average molecular weight is 401 g/mol. The second-order valence-corrected chi connectivity index (χ2v) is 7.49. The number of carbonyl (C=O) groups is 1. The molecule has 0 radical (unpaired) electrons. The molecule has 0 atom stereocenters. The van der Waals surface area contributed by atoms with E-state index >= 15 is 0 Å². The molecule has 0 bridgehead atoms. The third kappa shape index (κ3) is 4.67. The Balaban J connectivity index is 1.96. The number of fused-ring (bicyclic) bond motifs is 1. The molecule has 0 unspecified atom stereocenters. The average Bonchev–Trinajstić information content (AvgIpc) is 2.99. The molecule has 0 aliphatic heterocycles. The van der Waals surface area contributed by atoms with Crippen LogP contribution in [0.3, 0.4) is 0 Å². The molecular formula is C21H21ClN2O2S. The van der Waals surface area contributed by atoms with Crippen LogP contribution in [0.2, 0.25) is 5.02 Å². The van der Waals surface area contributed by atoms with E-state index in [4.69, 9.17) is 16.3 Å². The lowest BCUT2D eigenvalue weighted by Gasteiger charge is -2.06. The molecule has 0 spiro atoms. The highest BCUT2D eigenvalue weighted by Crippen LogP contribution is 2.22. The topological polar surface area (TPSA) is 43.6 Å². The second kappa shape index (κ2) is 9.02. The predicted octanol–water partition coefficient (Wildman–Crippen LogP) is 5.46. The molecule has 0 aliphatic rings. The zero-order valence-corrected chi connectivity index (χ0v) is 16.7. The molecule has 140 valence electrons. The summed E-state index contributed by atoms with van der Waals surface area (Å²) in [4.78, 5) is 17.7. The lowest BCUT2D eigenvalue weighted by Crippen LogP contribution is -2.16. The van der Waals surface area contributed by atoms with Gasteiger partial charge in [-0.3, -0.25) is 4.79 Å². The van der Waals surface area contributed by atoms with Gasteiger partial charge in [-0.25, -0.2) is 0 Å². The first kappa shape index (κ1) is 19.4. The molecular weight excluding hydrogens is 380 g/mol. The van der Waals surface area contributed by atoms with Crippen molar-refractivity contribution < 1.29 is 9.53 Å². The monoisotopic (exact) mass is 400 g/mol. The van der Waals surface area contributed by atoms with Crippen LogP contribution in [0.5, 0.6) is 5.75 Å². The third-order valence-corrected chi connectivity index (χ3v) is 5.28. The van der Waals surface area contributed by atoms with Crippen LogP contribution in [-0.2, 0) is 6.54 Å². The largest absolute Gasteiger partial charge is 0.494 e. The van der Waals surface area contributed by atoms with Crippen molar-refractivity contribution >= 4 is 39.1 Å². The normalized spacial score (nSPS) is 11.7. The van der Waals surface area contributed by atoms with E-state index < -0.39 is 0 Å². The van der Waals surface area contributed by atoms with Gasteiger partial charge in [-0.15, -0.1) is 6.58 Å². The molecule has 0 saturated heterocycles. The molecule has 0 N–H and O–H groups in total. The number of carbonyl (C=O) groups excluding carboxylic acids is 1. The van der Waals surface area contributed by atoms with E-state index in [9.17, 15) is 4.79 Å². The van der Waals surface area contributed by atoms with Crippen molar-refractivity contribution in [2.24, 2.45) is 4.99 Å². The first-order valence-corrected chi connectivity index (χ1v) is 10.0. The van der Waals surface area contributed by atoms with Crippen molar-refractivity contribution in [1.82, 2.24) is 4.57 Å². The van der Waals surface area contributed by atoms with Crippen molar-refractivity contribution in [1.29, 1.82) is 0 Å². The maximum atomic E-state index is 12.7. The number of aromatic nitrogens is 1. The number of unbranched alkanes of at least 4 members (excludes halogenated alkanes) is 1. The standard InChI is InChI=1S/C21H21ClN2O2S/c1-3-5-12-26-17-8-6-7-15(13-17)20(25)23-21-24(11-4-2)18-10-9-16(22)14-19(18)27-21/h4,6-10,13-14H,2-3,5,11-12H2,1H3. The maximum absolute atomic E-state index is 12.7. The van der Waals surface area contributed by atoms with Gasteiger partial charge >= 0.3 is 0 Å². The number of hydrogen-bond acceptors (Lipinski definition) is 3. The van der Waals surface area contributed by atoms with E-state index in [1.807, 2.05) is 34.9 Å². The van der Waals surface area contributed by atoms with Gasteiger partial charge in [-0.1, -0.05) is 48.4 Å². The number of allylic oxidation sites excluding steroid dienone is 1. The Kier molecular flexibility index (Phi) is 6.48. The maximum Gasteiger partial charge on any atom is 0.279 e. The number of rotatable bonds is 7. The second-order valence-electron chi connectivity index (χ2n) is 6.04. The molecule has 1 heterocycles. The van der Waals surface area contributed by atoms with Crippen LogP contribution in [0, 0.1) is 0 Å². The minimum atomic E-state index is -0.300.